The molecule has 0 bridgehead atoms. The molecule has 0 radical (unpaired) electrons. The predicted octanol–water partition coefficient (Wildman–Crippen LogP) is 3.61. The van der Waals surface area contributed by atoms with Gasteiger partial charge in [0.15, 0.2) is 0 Å². The fourth-order valence-corrected chi connectivity index (χ4v) is 2.63. The van der Waals surface area contributed by atoms with Gasteiger partial charge in [0.1, 0.15) is 5.76 Å². The molecule has 1 N–H and O–H groups in total. The van der Waals surface area contributed by atoms with Crippen LogP contribution in [0, 0.1) is 18.8 Å². The van der Waals surface area contributed by atoms with Crippen LogP contribution in [0.15, 0.2) is 45.9 Å². The smallest absolute Gasteiger partial charge is 0.114 e. The molecular weight excluding hydrogens is 256 g/mol. The zero-order chi connectivity index (χ0) is 13.5. The van der Waals surface area contributed by atoms with Crippen molar-refractivity contribution in [2.75, 3.05) is 6.61 Å². The molecule has 0 atom stereocenters. The molecule has 0 saturated heterocycles. The van der Waals surface area contributed by atoms with E-state index in [-0.39, 0.29) is 6.61 Å². The van der Waals surface area contributed by atoms with Crippen LogP contribution in [0.3, 0.4) is 0 Å². The summed E-state index contributed by atoms with van der Waals surface area (Å²) in [6, 6.07) is 10.1. The Kier molecular flexibility index (Phi) is 5.14. The fraction of sp³-hybridized carbons (Fsp3) is 0.250. The topological polar surface area (TPSA) is 33.4 Å². The second-order valence-corrected chi connectivity index (χ2v) is 5.08. The molecule has 2 rings (SSSR count). The van der Waals surface area contributed by atoms with Crippen LogP contribution >= 0.6 is 11.8 Å². The van der Waals surface area contributed by atoms with Crippen LogP contribution in [0.5, 0.6) is 0 Å². The molecule has 2 aromatic rings. The van der Waals surface area contributed by atoms with Crippen molar-refractivity contribution in [1.29, 1.82) is 0 Å². The number of rotatable bonds is 4. The number of hydrogen-bond acceptors (Lipinski definition) is 3. The molecule has 0 saturated carbocycles. The van der Waals surface area contributed by atoms with Gasteiger partial charge in [-0.15, -0.1) is 11.8 Å². The number of hydrogen-bond donors (Lipinski definition) is 1. The summed E-state index contributed by atoms with van der Waals surface area (Å²) in [7, 11) is 0. The molecule has 1 heterocycles. The van der Waals surface area contributed by atoms with E-state index in [0.29, 0.717) is 6.42 Å². The maximum absolute atomic E-state index is 8.76. The van der Waals surface area contributed by atoms with Crippen molar-refractivity contribution in [3.63, 3.8) is 0 Å². The Balaban J connectivity index is 2.08. The summed E-state index contributed by atoms with van der Waals surface area (Å²) in [6.07, 6.45) is 2.23. The van der Waals surface area contributed by atoms with E-state index in [1.807, 2.05) is 31.2 Å². The van der Waals surface area contributed by atoms with E-state index in [9.17, 15) is 0 Å². The summed E-state index contributed by atoms with van der Waals surface area (Å²) < 4.78 is 5.29. The van der Waals surface area contributed by atoms with E-state index in [2.05, 4.69) is 17.9 Å². The number of thioether (sulfide) groups is 1. The number of aliphatic hydroxyl groups is 1. The van der Waals surface area contributed by atoms with E-state index in [1.165, 1.54) is 5.56 Å². The fourth-order valence-electron chi connectivity index (χ4n) is 1.66. The van der Waals surface area contributed by atoms with Crippen molar-refractivity contribution in [2.24, 2.45) is 0 Å². The lowest BCUT2D eigenvalue weighted by Gasteiger charge is -2.03. The Morgan fingerprint density at radius 1 is 1.26 bits per heavy atom. The summed E-state index contributed by atoms with van der Waals surface area (Å²) in [4.78, 5) is 1.16. The first-order valence-corrected chi connectivity index (χ1v) is 7.14. The molecular formula is C16H16O2S. The minimum Gasteiger partial charge on any atom is -0.468 e. The van der Waals surface area contributed by atoms with Gasteiger partial charge < -0.3 is 9.52 Å². The van der Waals surface area contributed by atoms with Crippen LogP contribution in [-0.2, 0) is 5.75 Å². The summed E-state index contributed by atoms with van der Waals surface area (Å²) in [5, 5.41) is 8.76. The second-order valence-electron chi connectivity index (χ2n) is 4.06. The van der Waals surface area contributed by atoms with Gasteiger partial charge in [-0.2, -0.15) is 0 Å². The SMILES string of the molecule is Cc1occc1SCc1ccccc1C#CCCO. The largest absolute Gasteiger partial charge is 0.468 e. The summed E-state index contributed by atoms with van der Waals surface area (Å²) in [5.41, 5.74) is 2.24. The second kappa shape index (κ2) is 7.08. The average molecular weight is 272 g/mol. The summed E-state index contributed by atoms with van der Waals surface area (Å²) >= 11 is 1.75. The van der Waals surface area contributed by atoms with Gasteiger partial charge >= 0.3 is 0 Å². The zero-order valence-electron chi connectivity index (χ0n) is 10.8. The lowest BCUT2D eigenvalue weighted by molar-refractivity contribution is 0.305. The first kappa shape index (κ1) is 13.8. The maximum Gasteiger partial charge on any atom is 0.114 e. The first-order valence-electron chi connectivity index (χ1n) is 6.16. The van der Waals surface area contributed by atoms with E-state index in [0.717, 1.165) is 22.0 Å². The Morgan fingerprint density at radius 3 is 2.84 bits per heavy atom. The highest BCUT2D eigenvalue weighted by Crippen LogP contribution is 2.27. The Labute approximate surface area is 117 Å². The minimum absolute atomic E-state index is 0.109. The predicted molar refractivity (Wildman–Crippen MR) is 78.0 cm³/mol. The van der Waals surface area contributed by atoms with Crippen LogP contribution < -0.4 is 0 Å². The average Bonchev–Trinajstić information content (AvgIpc) is 2.83. The Hall–Kier alpha value is -1.63. The van der Waals surface area contributed by atoms with Gasteiger partial charge in [-0.25, -0.2) is 0 Å². The van der Waals surface area contributed by atoms with Gasteiger partial charge in [-0.05, 0) is 24.6 Å². The molecule has 0 amide bonds. The van der Waals surface area contributed by atoms with E-state index >= 15 is 0 Å². The highest BCUT2D eigenvalue weighted by atomic mass is 32.2. The van der Waals surface area contributed by atoms with Crippen molar-refractivity contribution in [3.8, 4) is 11.8 Å². The Morgan fingerprint density at radius 2 is 2.11 bits per heavy atom. The van der Waals surface area contributed by atoms with E-state index in [4.69, 9.17) is 9.52 Å². The van der Waals surface area contributed by atoms with Crippen LogP contribution in [0.4, 0.5) is 0 Å². The maximum atomic E-state index is 8.76. The number of aryl methyl sites for hydroxylation is 1. The number of benzene rings is 1. The molecule has 1 aromatic carbocycles. The van der Waals surface area contributed by atoms with Gasteiger partial charge in [0.05, 0.1) is 12.9 Å². The van der Waals surface area contributed by atoms with Crippen LogP contribution in [0.25, 0.3) is 0 Å². The summed E-state index contributed by atoms with van der Waals surface area (Å²) in [5.74, 6) is 7.90. The van der Waals surface area contributed by atoms with Crippen molar-refractivity contribution in [3.05, 3.63) is 53.5 Å². The molecule has 0 aliphatic rings. The van der Waals surface area contributed by atoms with Crippen molar-refractivity contribution < 1.29 is 9.52 Å². The highest BCUT2D eigenvalue weighted by Gasteiger charge is 2.04. The molecule has 19 heavy (non-hydrogen) atoms. The number of aliphatic hydroxyl groups excluding tert-OH is 1. The highest BCUT2D eigenvalue weighted by molar-refractivity contribution is 7.98. The molecule has 0 fully saturated rings. The summed E-state index contributed by atoms with van der Waals surface area (Å²) in [6.45, 7) is 2.08. The quantitative estimate of drug-likeness (QED) is 0.682. The molecule has 0 aliphatic heterocycles. The minimum atomic E-state index is 0.109. The molecule has 0 unspecified atom stereocenters. The van der Waals surface area contributed by atoms with Crippen LogP contribution in [0.1, 0.15) is 23.3 Å². The van der Waals surface area contributed by atoms with Crippen molar-refractivity contribution >= 4 is 11.8 Å². The Bertz CT molecular complexity index is 590. The zero-order valence-corrected chi connectivity index (χ0v) is 11.7. The van der Waals surface area contributed by atoms with E-state index < -0.39 is 0 Å². The third-order valence-corrected chi connectivity index (χ3v) is 3.86. The molecule has 98 valence electrons. The van der Waals surface area contributed by atoms with Gasteiger partial charge in [0.25, 0.3) is 0 Å². The molecule has 1 aromatic heterocycles. The third kappa shape index (κ3) is 3.92. The third-order valence-electron chi connectivity index (χ3n) is 2.67. The normalized spacial score (nSPS) is 10.0. The molecule has 0 aliphatic carbocycles. The molecule has 0 spiro atoms. The lowest BCUT2D eigenvalue weighted by atomic mass is 10.1. The van der Waals surface area contributed by atoms with Crippen LogP contribution in [0.2, 0.25) is 0 Å². The monoisotopic (exact) mass is 272 g/mol. The van der Waals surface area contributed by atoms with Crippen molar-refractivity contribution in [2.45, 2.75) is 24.0 Å². The van der Waals surface area contributed by atoms with Gasteiger partial charge in [-0.3, -0.25) is 0 Å². The standard InChI is InChI=1S/C16H16O2S/c1-13-16(9-11-18-13)19-12-15-8-3-2-6-14(15)7-4-5-10-17/h2-3,6,8-9,11,17H,5,10,12H2,1H3. The number of furan rings is 1. The lowest BCUT2D eigenvalue weighted by Crippen LogP contribution is -1.87. The van der Waals surface area contributed by atoms with Gasteiger partial charge in [0, 0.05) is 22.6 Å². The molecule has 2 nitrogen and oxygen atoms in total. The van der Waals surface area contributed by atoms with Crippen molar-refractivity contribution in [1.82, 2.24) is 0 Å². The molecule has 3 heteroatoms. The van der Waals surface area contributed by atoms with Gasteiger partial charge in [0.2, 0.25) is 0 Å². The first-order chi connectivity index (χ1) is 9.31. The van der Waals surface area contributed by atoms with Crippen LogP contribution in [-0.4, -0.2) is 11.7 Å². The van der Waals surface area contributed by atoms with Gasteiger partial charge in [-0.1, -0.05) is 30.0 Å². The van der Waals surface area contributed by atoms with E-state index in [1.54, 1.807) is 18.0 Å².